The molecule has 5 rings (SSSR count). The zero-order valence-corrected chi connectivity index (χ0v) is 20.4. The maximum Gasteiger partial charge on any atom is 0.281 e. The van der Waals surface area contributed by atoms with Crippen LogP contribution in [0.3, 0.4) is 0 Å². The van der Waals surface area contributed by atoms with Crippen molar-refractivity contribution in [2.75, 3.05) is 6.61 Å². The summed E-state index contributed by atoms with van der Waals surface area (Å²) in [5.74, 6) is -0.607. The highest BCUT2D eigenvalue weighted by molar-refractivity contribution is 6.08. The molecular weight excluding hydrogens is 474 g/mol. The van der Waals surface area contributed by atoms with Crippen LogP contribution in [0.5, 0.6) is 5.75 Å². The molecule has 7 heteroatoms. The van der Waals surface area contributed by atoms with Crippen LogP contribution in [0.25, 0.3) is 6.08 Å². The molecule has 0 radical (unpaired) electrons. The van der Waals surface area contributed by atoms with Gasteiger partial charge in [0.05, 0.1) is 11.8 Å². The monoisotopic (exact) mass is 500 g/mol. The molecule has 2 aliphatic rings. The second-order valence-corrected chi connectivity index (χ2v) is 9.31. The van der Waals surface area contributed by atoms with Crippen LogP contribution in [0.15, 0.2) is 83.5 Å². The number of amides is 1. The van der Waals surface area contributed by atoms with Crippen LogP contribution in [0, 0.1) is 17.6 Å². The molecular formula is C30H26F2N2O3. The van der Waals surface area contributed by atoms with Crippen molar-refractivity contribution >= 4 is 23.5 Å². The summed E-state index contributed by atoms with van der Waals surface area (Å²) in [5.41, 5.74) is 4.05. The van der Waals surface area contributed by atoms with E-state index in [0.29, 0.717) is 11.3 Å². The summed E-state index contributed by atoms with van der Waals surface area (Å²) in [6, 6.07) is 18.7. The third-order valence-electron chi connectivity index (χ3n) is 6.80. The molecule has 0 bridgehead atoms. The summed E-state index contributed by atoms with van der Waals surface area (Å²) < 4.78 is 32.8. The van der Waals surface area contributed by atoms with Crippen LogP contribution < -0.4 is 4.74 Å². The molecule has 1 saturated carbocycles. The first kappa shape index (κ1) is 24.6. The van der Waals surface area contributed by atoms with Gasteiger partial charge in [-0.1, -0.05) is 24.3 Å². The van der Waals surface area contributed by atoms with Crippen LogP contribution in [-0.2, 0) is 4.79 Å². The predicted octanol–water partition coefficient (Wildman–Crippen LogP) is 6.37. The fraction of sp³-hybridized carbons (Fsp3) is 0.233. The molecule has 5 nitrogen and oxygen atoms in total. The molecule has 37 heavy (non-hydrogen) atoms. The minimum atomic E-state index is -0.385. The number of benzene rings is 3. The number of ketones is 1. The lowest BCUT2D eigenvalue weighted by Crippen LogP contribution is -2.34. The van der Waals surface area contributed by atoms with Gasteiger partial charge >= 0.3 is 0 Å². The molecule has 0 aromatic heterocycles. The van der Waals surface area contributed by atoms with E-state index >= 15 is 0 Å². The van der Waals surface area contributed by atoms with Crippen LogP contribution in [-0.4, -0.2) is 29.0 Å². The average Bonchev–Trinajstić information content (AvgIpc) is 3.30. The number of hydrogen-bond acceptors (Lipinski definition) is 4. The van der Waals surface area contributed by atoms with Crippen LogP contribution in [0.2, 0.25) is 0 Å². The standard InChI is InChI=1S/C30H26F2N2O3/c1-19(35)21-9-15-26(16-10-21)37-18-28(36)34-30(22-7-13-25(32)14-8-22)27-4-2-3-23(29(27)33-34)17-20-5-11-24(31)12-6-20/h5-17,27,30H,2-4,18H2,1H3/b23-17-/t27-,30-/m0/s1. The number of fused-ring (bicyclic) bond motifs is 1. The van der Waals surface area contributed by atoms with Gasteiger partial charge in [0.2, 0.25) is 0 Å². The Balaban J connectivity index is 1.43. The number of allylic oxidation sites excluding steroid dienone is 1. The van der Waals surface area contributed by atoms with E-state index in [2.05, 4.69) is 0 Å². The number of Topliss-reactive ketones (excluding diaryl/α,β-unsaturated/α-hetero) is 1. The van der Waals surface area contributed by atoms with E-state index in [-0.39, 0.29) is 41.9 Å². The number of nitrogens with zero attached hydrogens (tertiary/aromatic N) is 2. The van der Waals surface area contributed by atoms with Crippen molar-refractivity contribution in [1.29, 1.82) is 0 Å². The normalized spacial score (nSPS) is 19.9. The van der Waals surface area contributed by atoms with Gasteiger partial charge in [-0.15, -0.1) is 0 Å². The molecule has 1 aliphatic carbocycles. The SMILES string of the molecule is CC(=O)c1ccc(OCC(=O)N2N=C3/C(=C\c4ccc(F)cc4)CCC[C@@H]3[C@@H]2c2ccc(F)cc2)cc1. The molecule has 1 amide bonds. The van der Waals surface area contributed by atoms with Gasteiger partial charge in [0.15, 0.2) is 12.4 Å². The lowest BCUT2D eigenvalue weighted by Gasteiger charge is -2.29. The molecule has 2 atom stereocenters. The van der Waals surface area contributed by atoms with E-state index in [1.165, 1.54) is 36.2 Å². The summed E-state index contributed by atoms with van der Waals surface area (Å²) in [5, 5.41) is 6.23. The number of carbonyl (C=O) groups is 2. The van der Waals surface area contributed by atoms with Crippen molar-refractivity contribution in [1.82, 2.24) is 5.01 Å². The molecule has 3 aromatic carbocycles. The molecule has 188 valence electrons. The van der Waals surface area contributed by atoms with E-state index in [0.717, 1.165) is 41.7 Å². The zero-order valence-electron chi connectivity index (χ0n) is 20.4. The Hall–Kier alpha value is -4.13. The fourth-order valence-electron chi connectivity index (χ4n) is 4.96. The Bertz CT molecular complexity index is 1360. The van der Waals surface area contributed by atoms with E-state index in [4.69, 9.17) is 9.84 Å². The highest BCUT2D eigenvalue weighted by atomic mass is 19.1. The van der Waals surface area contributed by atoms with E-state index < -0.39 is 0 Å². The van der Waals surface area contributed by atoms with Crippen molar-refractivity contribution in [3.63, 3.8) is 0 Å². The number of carbonyl (C=O) groups excluding carboxylic acids is 2. The molecule has 0 spiro atoms. The summed E-state index contributed by atoms with van der Waals surface area (Å²) >= 11 is 0. The first-order valence-corrected chi connectivity index (χ1v) is 12.3. The Morgan fingerprint density at radius 2 is 1.62 bits per heavy atom. The number of halogens is 2. The number of hydrazone groups is 1. The van der Waals surface area contributed by atoms with Gasteiger partial charge in [0.1, 0.15) is 17.4 Å². The third-order valence-corrected chi connectivity index (χ3v) is 6.80. The summed E-state index contributed by atoms with van der Waals surface area (Å²) in [7, 11) is 0. The van der Waals surface area contributed by atoms with Crippen LogP contribution >= 0.6 is 0 Å². The van der Waals surface area contributed by atoms with Gasteiger partial charge in [-0.3, -0.25) is 9.59 Å². The minimum Gasteiger partial charge on any atom is -0.484 e. The molecule has 0 N–H and O–H groups in total. The highest BCUT2D eigenvalue weighted by Gasteiger charge is 2.43. The second-order valence-electron chi connectivity index (χ2n) is 9.31. The highest BCUT2D eigenvalue weighted by Crippen LogP contribution is 2.44. The lowest BCUT2D eigenvalue weighted by atomic mass is 9.77. The fourth-order valence-corrected chi connectivity index (χ4v) is 4.96. The molecule has 0 unspecified atom stereocenters. The van der Waals surface area contributed by atoms with Crippen molar-refractivity contribution in [3.8, 4) is 5.75 Å². The first-order chi connectivity index (χ1) is 17.9. The van der Waals surface area contributed by atoms with Crippen LogP contribution in [0.4, 0.5) is 8.78 Å². The molecule has 0 saturated heterocycles. The van der Waals surface area contributed by atoms with E-state index in [9.17, 15) is 18.4 Å². The minimum absolute atomic E-state index is 0.0511. The second kappa shape index (κ2) is 10.5. The third kappa shape index (κ3) is 5.35. The van der Waals surface area contributed by atoms with E-state index in [1.807, 2.05) is 6.08 Å². The summed E-state index contributed by atoms with van der Waals surface area (Å²) in [4.78, 5) is 24.9. The Morgan fingerprint density at radius 1 is 0.973 bits per heavy atom. The van der Waals surface area contributed by atoms with Gasteiger partial charge in [-0.25, -0.2) is 13.8 Å². The Labute approximate surface area is 214 Å². The van der Waals surface area contributed by atoms with Crippen molar-refractivity contribution in [3.05, 3.63) is 107 Å². The molecule has 1 aliphatic heterocycles. The zero-order chi connectivity index (χ0) is 25.9. The van der Waals surface area contributed by atoms with Crippen molar-refractivity contribution in [2.45, 2.75) is 32.2 Å². The average molecular weight is 501 g/mol. The summed E-state index contributed by atoms with van der Waals surface area (Å²) in [6.45, 7) is 1.25. The first-order valence-electron chi connectivity index (χ1n) is 12.3. The van der Waals surface area contributed by atoms with Gasteiger partial charge in [-0.2, -0.15) is 5.10 Å². The van der Waals surface area contributed by atoms with Gasteiger partial charge in [0, 0.05) is 11.5 Å². The van der Waals surface area contributed by atoms with Gasteiger partial charge in [-0.05, 0) is 97.5 Å². The van der Waals surface area contributed by atoms with Crippen LogP contribution in [0.1, 0.15) is 53.7 Å². The van der Waals surface area contributed by atoms with Crippen molar-refractivity contribution in [2.24, 2.45) is 11.0 Å². The number of ether oxygens (including phenoxy) is 1. The maximum absolute atomic E-state index is 13.7. The quantitative estimate of drug-likeness (QED) is 0.370. The largest absolute Gasteiger partial charge is 0.484 e. The van der Waals surface area contributed by atoms with Gasteiger partial charge in [0.25, 0.3) is 5.91 Å². The molecule has 1 heterocycles. The summed E-state index contributed by atoms with van der Waals surface area (Å²) in [6.07, 6.45) is 4.53. The van der Waals surface area contributed by atoms with Gasteiger partial charge < -0.3 is 4.74 Å². The number of rotatable bonds is 6. The topological polar surface area (TPSA) is 59.0 Å². The molecule has 3 aromatic rings. The lowest BCUT2D eigenvalue weighted by molar-refractivity contribution is -0.135. The smallest absolute Gasteiger partial charge is 0.281 e. The maximum atomic E-state index is 13.7. The Kier molecular flexibility index (Phi) is 6.95. The molecule has 1 fully saturated rings. The Morgan fingerprint density at radius 3 is 2.27 bits per heavy atom. The van der Waals surface area contributed by atoms with Crippen molar-refractivity contribution < 1.29 is 23.1 Å². The van der Waals surface area contributed by atoms with E-state index in [1.54, 1.807) is 48.5 Å². The number of hydrogen-bond donors (Lipinski definition) is 0. The predicted molar refractivity (Wildman–Crippen MR) is 137 cm³/mol.